The van der Waals surface area contributed by atoms with Crippen molar-refractivity contribution in [3.8, 4) is 0 Å². The molecule has 0 unspecified atom stereocenters. The van der Waals surface area contributed by atoms with Crippen molar-refractivity contribution in [3.05, 3.63) is 27.6 Å². The van der Waals surface area contributed by atoms with Crippen molar-refractivity contribution in [3.63, 3.8) is 0 Å². The predicted molar refractivity (Wildman–Crippen MR) is 64.6 cm³/mol. The van der Waals surface area contributed by atoms with Gasteiger partial charge in [-0.25, -0.2) is 9.18 Å². The van der Waals surface area contributed by atoms with Gasteiger partial charge in [-0.15, -0.1) is 0 Å². The van der Waals surface area contributed by atoms with Gasteiger partial charge in [0, 0.05) is 13.0 Å². The molecule has 6 heteroatoms. The number of benzene rings is 1. The first-order valence-electron chi connectivity index (χ1n) is 4.65. The van der Waals surface area contributed by atoms with Crippen molar-refractivity contribution in [1.29, 1.82) is 0 Å². The third kappa shape index (κ3) is 2.01. The lowest BCUT2D eigenvalue weighted by molar-refractivity contribution is -0.120. The summed E-state index contributed by atoms with van der Waals surface area (Å²) >= 11 is 1.84. The van der Waals surface area contributed by atoms with Gasteiger partial charge in [0.2, 0.25) is 5.91 Å². The molecule has 0 spiro atoms. The predicted octanol–water partition coefficient (Wildman–Crippen LogP) is 1.88. The van der Waals surface area contributed by atoms with E-state index in [1.807, 2.05) is 22.6 Å². The van der Waals surface area contributed by atoms with Crippen molar-refractivity contribution in [1.82, 2.24) is 5.32 Å². The average molecular weight is 334 g/mol. The zero-order valence-electron chi connectivity index (χ0n) is 8.17. The van der Waals surface area contributed by atoms with E-state index in [1.54, 1.807) is 6.07 Å². The molecule has 84 valence electrons. The number of carbonyl (C=O) groups excluding carboxylic acids is 2. The molecule has 0 aromatic heterocycles. The van der Waals surface area contributed by atoms with E-state index in [1.165, 1.54) is 17.0 Å². The maximum atomic E-state index is 13.3. The van der Waals surface area contributed by atoms with Gasteiger partial charge in [-0.1, -0.05) is 6.07 Å². The number of halogens is 2. The van der Waals surface area contributed by atoms with E-state index in [-0.39, 0.29) is 24.7 Å². The number of hydrogen-bond donors (Lipinski definition) is 1. The summed E-state index contributed by atoms with van der Waals surface area (Å²) in [6.45, 7) is 0.282. The fraction of sp³-hybridized carbons (Fsp3) is 0.200. The highest BCUT2D eigenvalue weighted by atomic mass is 127. The SMILES string of the molecule is O=C1CCN(c2cccc(F)c2I)C(=O)N1. The van der Waals surface area contributed by atoms with Gasteiger partial charge in [0.05, 0.1) is 9.26 Å². The van der Waals surface area contributed by atoms with Gasteiger partial charge in [-0.2, -0.15) is 0 Å². The second-order valence-corrected chi connectivity index (χ2v) is 4.41. The van der Waals surface area contributed by atoms with Crippen molar-refractivity contribution in [2.24, 2.45) is 0 Å². The summed E-state index contributed by atoms with van der Waals surface area (Å²) in [7, 11) is 0. The summed E-state index contributed by atoms with van der Waals surface area (Å²) in [5.74, 6) is -0.671. The first-order valence-corrected chi connectivity index (χ1v) is 5.73. The molecule has 1 aliphatic heterocycles. The number of anilines is 1. The van der Waals surface area contributed by atoms with Gasteiger partial charge >= 0.3 is 6.03 Å². The molecule has 16 heavy (non-hydrogen) atoms. The lowest BCUT2D eigenvalue weighted by Crippen LogP contribution is -2.49. The van der Waals surface area contributed by atoms with Crippen LogP contribution in [0.15, 0.2) is 18.2 Å². The lowest BCUT2D eigenvalue weighted by Gasteiger charge is -2.27. The number of urea groups is 1. The van der Waals surface area contributed by atoms with E-state index in [0.29, 0.717) is 9.26 Å². The number of amides is 3. The minimum atomic E-state index is -0.500. The van der Waals surface area contributed by atoms with Crippen LogP contribution < -0.4 is 10.2 Å². The highest BCUT2D eigenvalue weighted by Crippen LogP contribution is 2.26. The quantitative estimate of drug-likeness (QED) is 0.798. The molecule has 1 heterocycles. The molecule has 0 radical (unpaired) electrons. The Morgan fingerprint density at radius 2 is 2.12 bits per heavy atom. The molecule has 0 atom stereocenters. The molecule has 0 bridgehead atoms. The summed E-state index contributed by atoms with van der Waals surface area (Å²) in [6.07, 6.45) is 0.234. The molecule has 0 aliphatic carbocycles. The largest absolute Gasteiger partial charge is 0.328 e. The van der Waals surface area contributed by atoms with Crippen LogP contribution >= 0.6 is 22.6 Å². The third-order valence-corrected chi connectivity index (χ3v) is 3.34. The molecule has 1 fully saturated rings. The highest BCUT2D eigenvalue weighted by Gasteiger charge is 2.26. The van der Waals surface area contributed by atoms with Crippen molar-refractivity contribution < 1.29 is 14.0 Å². The number of nitrogens with one attached hydrogen (secondary N) is 1. The lowest BCUT2D eigenvalue weighted by atomic mass is 10.2. The minimum Gasteiger partial charge on any atom is -0.292 e. The summed E-state index contributed by atoms with van der Waals surface area (Å²) in [5, 5.41) is 2.20. The Morgan fingerprint density at radius 1 is 1.38 bits per heavy atom. The van der Waals surface area contributed by atoms with Crippen LogP contribution in [0.25, 0.3) is 0 Å². The summed E-state index contributed by atoms with van der Waals surface area (Å²) in [5.41, 5.74) is 0.491. The Hall–Kier alpha value is -1.18. The van der Waals surface area contributed by atoms with Crippen LogP contribution in [0.1, 0.15) is 6.42 Å². The van der Waals surface area contributed by atoms with E-state index in [0.717, 1.165) is 0 Å². The number of nitrogens with zero attached hydrogens (tertiary/aromatic N) is 1. The second kappa shape index (κ2) is 4.36. The number of rotatable bonds is 1. The van der Waals surface area contributed by atoms with Gasteiger partial charge in [-0.05, 0) is 34.7 Å². The minimum absolute atomic E-state index is 0.234. The van der Waals surface area contributed by atoms with Gasteiger partial charge in [0.15, 0.2) is 0 Å². The number of hydrogen-bond acceptors (Lipinski definition) is 2. The van der Waals surface area contributed by atoms with Gasteiger partial charge in [-0.3, -0.25) is 15.0 Å². The van der Waals surface area contributed by atoms with Crippen molar-refractivity contribution >= 4 is 40.2 Å². The Morgan fingerprint density at radius 3 is 2.81 bits per heavy atom. The molecule has 4 nitrogen and oxygen atoms in total. The topological polar surface area (TPSA) is 49.4 Å². The maximum Gasteiger partial charge on any atom is 0.328 e. The maximum absolute atomic E-state index is 13.3. The molecule has 2 rings (SSSR count). The Bertz CT molecular complexity index is 464. The second-order valence-electron chi connectivity index (χ2n) is 3.33. The first-order chi connectivity index (χ1) is 7.59. The molecule has 1 N–H and O–H groups in total. The van der Waals surface area contributed by atoms with E-state index < -0.39 is 6.03 Å². The molecular weight excluding hydrogens is 326 g/mol. The fourth-order valence-corrected chi connectivity index (χ4v) is 2.15. The molecular formula is C10H8FIN2O2. The zero-order valence-corrected chi connectivity index (χ0v) is 10.3. The molecule has 3 amide bonds. The number of imide groups is 1. The molecule has 1 aliphatic rings. The third-order valence-electron chi connectivity index (χ3n) is 2.28. The Labute approximate surface area is 105 Å². The molecule has 1 aromatic carbocycles. The standard InChI is InChI=1S/C10H8FIN2O2/c11-6-2-1-3-7(9(6)12)14-5-4-8(15)13-10(14)16/h1-3H,4-5H2,(H,13,15,16). The van der Waals surface area contributed by atoms with E-state index in [4.69, 9.17) is 0 Å². The smallest absolute Gasteiger partial charge is 0.292 e. The van der Waals surface area contributed by atoms with Crippen LogP contribution in [-0.4, -0.2) is 18.5 Å². The Balaban J connectivity index is 2.34. The van der Waals surface area contributed by atoms with Gasteiger partial charge in [0.1, 0.15) is 5.82 Å². The van der Waals surface area contributed by atoms with Crippen LogP contribution in [0.3, 0.4) is 0 Å². The van der Waals surface area contributed by atoms with Gasteiger partial charge < -0.3 is 0 Å². The first kappa shape index (κ1) is 11.3. The highest BCUT2D eigenvalue weighted by molar-refractivity contribution is 14.1. The summed E-state index contributed by atoms with van der Waals surface area (Å²) in [4.78, 5) is 23.9. The summed E-state index contributed by atoms with van der Waals surface area (Å²) in [6, 6.07) is 4.02. The molecule has 1 saturated heterocycles. The van der Waals surface area contributed by atoms with Gasteiger partial charge in [0.25, 0.3) is 0 Å². The normalized spacial score (nSPS) is 16.2. The monoisotopic (exact) mass is 334 g/mol. The number of carbonyl (C=O) groups is 2. The van der Waals surface area contributed by atoms with Crippen LogP contribution in [0.4, 0.5) is 14.9 Å². The average Bonchev–Trinajstić information content (AvgIpc) is 2.23. The van der Waals surface area contributed by atoms with Crippen molar-refractivity contribution in [2.75, 3.05) is 11.4 Å². The zero-order chi connectivity index (χ0) is 11.7. The Kier molecular flexibility index (Phi) is 3.08. The van der Waals surface area contributed by atoms with Crippen molar-refractivity contribution in [2.45, 2.75) is 6.42 Å². The molecule has 0 saturated carbocycles. The fourth-order valence-electron chi connectivity index (χ4n) is 1.49. The van der Waals surface area contributed by atoms with E-state index in [2.05, 4.69) is 5.32 Å². The summed E-state index contributed by atoms with van der Waals surface area (Å²) < 4.78 is 13.7. The van der Waals surface area contributed by atoms with Crippen LogP contribution in [0, 0.1) is 9.39 Å². The van der Waals surface area contributed by atoms with Crippen LogP contribution in [-0.2, 0) is 4.79 Å². The van der Waals surface area contributed by atoms with Crippen LogP contribution in [0.5, 0.6) is 0 Å². The van der Waals surface area contributed by atoms with Crippen LogP contribution in [0.2, 0.25) is 0 Å². The van der Waals surface area contributed by atoms with E-state index >= 15 is 0 Å². The molecule has 1 aromatic rings. The van der Waals surface area contributed by atoms with E-state index in [9.17, 15) is 14.0 Å².